The molecule has 1 N–H and O–H groups in total. The number of nitrogens with zero attached hydrogens (tertiary/aromatic N) is 3. The molecule has 2 aliphatic rings. The van der Waals surface area contributed by atoms with Crippen LogP contribution in [0.1, 0.15) is 0 Å². The molecule has 0 radical (unpaired) electrons. The second kappa shape index (κ2) is 5.42. The van der Waals surface area contributed by atoms with Crippen molar-refractivity contribution in [3.8, 4) is 0 Å². The molecule has 0 spiro atoms. The van der Waals surface area contributed by atoms with Gasteiger partial charge in [0.2, 0.25) is 0 Å². The van der Waals surface area contributed by atoms with Crippen LogP contribution in [0.15, 0.2) is 20.8 Å². The maximum absolute atomic E-state index is 6.02. The summed E-state index contributed by atoms with van der Waals surface area (Å²) in [5.41, 5.74) is 0.705. The molecule has 2 heterocycles. The average Bonchev–Trinajstić information content (AvgIpc) is 2.75. The highest BCUT2D eigenvalue weighted by Crippen LogP contribution is 2.20. The Kier molecular flexibility index (Phi) is 4.09. The van der Waals surface area contributed by atoms with Crippen LogP contribution in [0.2, 0.25) is 25.7 Å². The minimum Gasteiger partial charge on any atom is -0.361 e. The number of fused-ring (bicyclic) bond motifs is 1. The molecule has 0 aromatic rings. The Hall–Kier alpha value is -0.853. The first-order chi connectivity index (χ1) is 8.47. The van der Waals surface area contributed by atoms with E-state index in [1.807, 2.05) is 4.90 Å². The fraction of sp³-hybridized carbons (Fsp3) is 0.636. The molecule has 0 saturated heterocycles. The van der Waals surface area contributed by atoms with Crippen LogP contribution in [0.4, 0.5) is 0 Å². The molecule has 2 rings (SSSR count). The molecule has 18 heavy (non-hydrogen) atoms. The van der Waals surface area contributed by atoms with Crippen molar-refractivity contribution in [3.05, 3.63) is 10.9 Å². The zero-order valence-electron chi connectivity index (χ0n) is 11.0. The molecular weight excluding hydrogens is 268 g/mol. The molecule has 0 unspecified atom stereocenters. The second-order valence-electron chi connectivity index (χ2n) is 5.58. The highest BCUT2D eigenvalue weighted by molar-refractivity contribution is 6.76. The van der Waals surface area contributed by atoms with Gasteiger partial charge in [-0.2, -0.15) is 0 Å². The predicted octanol–water partition coefficient (Wildman–Crippen LogP) is 2.01. The molecule has 0 fully saturated rings. The Morgan fingerprint density at radius 3 is 3.00 bits per heavy atom. The largest absolute Gasteiger partial charge is 0.361 e. The van der Waals surface area contributed by atoms with Crippen LogP contribution in [0, 0.1) is 0 Å². The van der Waals surface area contributed by atoms with Crippen molar-refractivity contribution in [1.82, 2.24) is 10.2 Å². The van der Waals surface area contributed by atoms with Gasteiger partial charge in [-0.1, -0.05) is 31.2 Å². The third-order valence-electron chi connectivity index (χ3n) is 2.75. The molecule has 100 valence electrons. The van der Waals surface area contributed by atoms with Gasteiger partial charge in [-0.15, -0.1) is 0 Å². The minimum atomic E-state index is -1.03. The van der Waals surface area contributed by atoms with Crippen LogP contribution in [-0.4, -0.2) is 45.2 Å². The normalized spacial score (nSPS) is 18.9. The molecule has 7 heteroatoms. The average molecular weight is 287 g/mol. The van der Waals surface area contributed by atoms with Gasteiger partial charge < -0.3 is 15.0 Å². The zero-order valence-corrected chi connectivity index (χ0v) is 12.8. The van der Waals surface area contributed by atoms with E-state index in [4.69, 9.17) is 16.3 Å². The maximum Gasteiger partial charge on any atom is 0.162 e. The van der Waals surface area contributed by atoms with E-state index in [9.17, 15) is 0 Å². The number of aliphatic imine (C=N–C) groups is 2. The summed E-state index contributed by atoms with van der Waals surface area (Å²) < 4.78 is 5.71. The Morgan fingerprint density at radius 1 is 1.50 bits per heavy atom. The second-order valence-corrected chi connectivity index (χ2v) is 11.6. The van der Waals surface area contributed by atoms with Gasteiger partial charge in [0.05, 0.1) is 6.67 Å². The number of nitrogens with one attached hydrogen (secondary N) is 1. The topological polar surface area (TPSA) is 49.2 Å². The number of hydrogen-bond donors (Lipinski definition) is 1. The number of hydrogen-bond acceptors (Lipinski definition) is 5. The van der Waals surface area contributed by atoms with Crippen molar-refractivity contribution < 1.29 is 4.74 Å². The SMILES string of the molecule is C[Si](C)(C)CCOCN1CNC(Cl)=C2N=CN=C21. The number of amidine groups is 1. The molecule has 0 aromatic carbocycles. The van der Waals surface area contributed by atoms with Crippen LogP contribution >= 0.6 is 11.6 Å². The monoisotopic (exact) mass is 286 g/mol. The van der Waals surface area contributed by atoms with Gasteiger partial charge in [0.25, 0.3) is 0 Å². The Bertz CT molecular complexity index is 414. The van der Waals surface area contributed by atoms with E-state index >= 15 is 0 Å². The quantitative estimate of drug-likeness (QED) is 0.478. The van der Waals surface area contributed by atoms with Crippen LogP contribution in [0.3, 0.4) is 0 Å². The number of halogens is 1. The molecule has 0 atom stereocenters. The van der Waals surface area contributed by atoms with Gasteiger partial charge in [-0.05, 0) is 6.04 Å². The standard InChI is InChI=1S/C11H19ClN4OSi/c1-18(2,3)5-4-17-8-16-7-15-10(12)9-11(16)14-6-13-9/h6,15H,4-5,7-8H2,1-3H3. The maximum atomic E-state index is 6.02. The summed E-state index contributed by atoms with van der Waals surface area (Å²) in [6.07, 6.45) is 1.52. The van der Waals surface area contributed by atoms with Crippen molar-refractivity contribution in [2.45, 2.75) is 25.7 Å². The van der Waals surface area contributed by atoms with Crippen LogP contribution in [0.25, 0.3) is 0 Å². The molecule has 5 nitrogen and oxygen atoms in total. The van der Waals surface area contributed by atoms with E-state index in [-0.39, 0.29) is 0 Å². The van der Waals surface area contributed by atoms with Crippen LogP contribution in [-0.2, 0) is 4.74 Å². The summed E-state index contributed by atoms with van der Waals surface area (Å²) in [6, 6.07) is 1.17. The lowest BCUT2D eigenvalue weighted by Gasteiger charge is -2.29. The first-order valence-electron chi connectivity index (χ1n) is 6.04. The summed E-state index contributed by atoms with van der Waals surface area (Å²) in [5, 5.41) is 3.62. The molecule has 0 bridgehead atoms. The van der Waals surface area contributed by atoms with Crippen molar-refractivity contribution in [2.24, 2.45) is 9.98 Å². The summed E-state index contributed by atoms with van der Waals surface area (Å²) in [4.78, 5) is 10.3. The highest BCUT2D eigenvalue weighted by Gasteiger charge is 2.26. The number of rotatable bonds is 5. The first-order valence-corrected chi connectivity index (χ1v) is 10.1. The van der Waals surface area contributed by atoms with Crippen molar-refractivity contribution >= 4 is 31.8 Å². The van der Waals surface area contributed by atoms with Crippen LogP contribution in [0.5, 0.6) is 0 Å². The van der Waals surface area contributed by atoms with E-state index in [1.165, 1.54) is 12.4 Å². The molecule has 0 aliphatic carbocycles. The Labute approximate surface area is 114 Å². The van der Waals surface area contributed by atoms with E-state index < -0.39 is 8.07 Å². The first kappa shape index (κ1) is 13.6. The Balaban J connectivity index is 1.82. The fourth-order valence-corrected chi connectivity index (χ4v) is 2.58. The third-order valence-corrected chi connectivity index (χ3v) is 4.77. The highest BCUT2D eigenvalue weighted by atomic mass is 35.5. The van der Waals surface area contributed by atoms with E-state index in [0.29, 0.717) is 24.3 Å². The van der Waals surface area contributed by atoms with Crippen molar-refractivity contribution in [1.29, 1.82) is 0 Å². The molecule has 0 saturated carbocycles. The lowest BCUT2D eigenvalue weighted by Crippen LogP contribution is -2.44. The van der Waals surface area contributed by atoms with Gasteiger partial charge in [0.1, 0.15) is 23.9 Å². The summed E-state index contributed by atoms with van der Waals surface area (Å²) in [7, 11) is -1.03. The van der Waals surface area contributed by atoms with E-state index in [0.717, 1.165) is 12.4 Å². The molecule has 0 amide bonds. The smallest absolute Gasteiger partial charge is 0.162 e. The van der Waals surface area contributed by atoms with Crippen LogP contribution < -0.4 is 5.32 Å². The minimum absolute atomic E-state index is 0.521. The lowest BCUT2D eigenvalue weighted by atomic mass is 10.3. The van der Waals surface area contributed by atoms with Gasteiger partial charge in [0, 0.05) is 14.7 Å². The number of ether oxygens (including phenoxy) is 1. The summed E-state index contributed by atoms with van der Waals surface area (Å²) in [5.74, 6) is 0.798. The van der Waals surface area contributed by atoms with E-state index in [2.05, 4.69) is 34.9 Å². The molecular formula is C11H19ClN4OSi. The molecule has 2 aliphatic heterocycles. The van der Waals surface area contributed by atoms with Crippen molar-refractivity contribution in [3.63, 3.8) is 0 Å². The summed E-state index contributed by atoms with van der Waals surface area (Å²) in [6.45, 7) is 8.95. The Morgan fingerprint density at radius 2 is 2.28 bits per heavy atom. The van der Waals surface area contributed by atoms with Gasteiger partial charge in [0.15, 0.2) is 5.84 Å². The fourth-order valence-electron chi connectivity index (χ4n) is 1.63. The van der Waals surface area contributed by atoms with Gasteiger partial charge in [-0.25, -0.2) is 9.98 Å². The zero-order chi connectivity index (χ0) is 13.2. The third kappa shape index (κ3) is 3.34. The van der Waals surface area contributed by atoms with E-state index in [1.54, 1.807) is 0 Å². The van der Waals surface area contributed by atoms with Crippen molar-refractivity contribution in [2.75, 3.05) is 20.0 Å². The summed E-state index contributed by atoms with van der Waals surface area (Å²) >= 11 is 6.02. The lowest BCUT2D eigenvalue weighted by molar-refractivity contribution is 0.0702. The van der Waals surface area contributed by atoms with Gasteiger partial charge >= 0.3 is 0 Å². The van der Waals surface area contributed by atoms with Gasteiger partial charge in [-0.3, -0.25) is 0 Å². The predicted molar refractivity (Wildman–Crippen MR) is 77.6 cm³/mol. The molecule has 0 aromatic heterocycles.